The minimum atomic E-state index is -0.123. The van der Waals surface area contributed by atoms with Crippen molar-refractivity contribution < 1.29 is 4.79 Å². The Morgan fingerprint density at radius 1 is 1.35 bits per heavy atom. The molecule has 1 heterocycles. The van der Waals surface area contributed by atoms with Crippen LogP contribution in [0.1, 0.15) is 28.7 Å². The Kier molecular flexibility index (Phi) is 3.79. The van der Waals surface area contributed by atoms with Gasteiger partial charge in [0.2, 0.25) is 0 Å². The molecule has 0 unspecified atom stereocenters. The summed E-state index contributed by atoms with van der Waals surface area (Å²) < 4.78 is 1.55. The first-order valence-corrected chi connectivity index (χ1v) is 6.64. The number of benzene rings is 1. The molecule has 2 aromatic rings. The summed E-state index contributed by atoms with van der Waals surface area (Å²) in [5, 5.41) is 4.21. The van der Waals surface area contributed by atoms with Crippen LogP contribution < -0.4 is 10.6 Å². The van der Waals surface area contributed by atoms with Crippen LogP contribution in [0.5, 0.6) is 0 Å². The second-order valence-electron chi connectivity index (χ2n) is 4.81. The van der Waals surface area contributed by atoms with E-state index in [1.807, 2.05) is 38.1 Å². The van der Waals surface area contributed by atoms with E-state index in [0.29, 0.717) is 23.6 Å². The van der Waals surface area contributed by atoms with Gasteiger partial charge in [0.25, 0.3) is 5.91 Å². The minimum absolute atomic E-state index is 0.123. The molecule has 0 radical (unpaired) electrons. The molecule has 0 atom stereocenters. The van der Waals surface area contributed by atoms with Gasteiger partial charge in [0.15, 0.2) is 0 Å². The lowest BCUT2D eigenvalue weighted by Gasteiger charge is -2.23. The van der Waals surface area contributed by atoms with Gasteiger partial charge in [0, 0.05) is 19.3 Å². The fraction of sp³-hybridized carbons (Fsp3) is 0.333. The van der Waals surface area contributed by atoms with Gasteiger partial charge in [-0.25, -0.2) is 0 Å². The number of nitrogen functional groups attached to an aromatic ring is 1. The SMILES string of the molecule is CCN(C(=O)c1c(N)c(C)nn1C)c1ccccc1C. The van der Waals surface area contributed by atoms with Crippen LogP contribution in [0.25, 0.3) is 0 Å². The zero-order valence-corrected chi connectivity index (χ0v) is 12.3. The van der Waals surface area contributed by atoms with Crippen LogP contribution >= 0.6 is 0 Å². The topological polar surface area (TPSA) is 64.2 Å². The molecule has 0 spiro atoms. The maximum atomic E-state index is 12.8. The predicted molar refractivity (Wildman–Crippen MR) is 80.9 cm³/mol. The van der Waals surface area contributed by atoms with Crippen molar-refractivity contribution in [2.24, 2.45) is 7.05 Å². The Morgan fingerprint density at radius 2 is 2.00 bits per heavy atom. The highest BCUT2D eigenvalue weighted by Crippen LogP contribution is 2.24. The fourth-order valence-corrected chi connectivity index (χ4v) is 2.35. The molecule has 5 nitrogen and oxygen atoms in total. The van der Waals surface area contributed by atoms with Crippen molar-refractivity contribution in [1.82, 2.24) is 9.78 Å². The number of nitrogens with zero attached hydrogens (tertiary/aromatic N) is 3. The van der Waals surface area contributed by atoms with Crippen molar-refractivity contribution in [1.29, 1.82) is 0 Å². The molecule has 106 valence electrons. The number of hydrogen-bond donors (Lipinski definition) is 1. The third-order valence-electron chi connectivity index (χ3n) is 3.44. The van der Waals surface area contributed by atoms with Crippen LogP contribution in [-0.2, 0) is 7.05 Å². The molecule has 1 aromatic carbocycles. The maximum absolute atomic E-state index is 12.8. The van der Waals surface area contributed by atoms with E-state index in [1.165, 1.54) is 0 Å². The van der Waals surface area contributed by atoms with Crippen LogP contribution in [-0.4, -0.2) is 22.2 Å². The van der Waals surface area contributed by atoms with Crippen molar-refractivity contribution in [2.75, 3.05) is 17.2 Å². The van der Waals surface area contributed by atoms with Gasteiger partial charge >= 0.3 is 0 Å². The van der Waals surface area contributed by atoms with E-state index in [4.69, 9.17) is 5.73 Å². The lowest BCUT2D eigenvalue weighted by Crippen LogP contribution is -2.33. The first-order chi connectivity index (χ1) is 9.47. The third kappa shape index (κ3) is 2.27. The first-order valence-electron chi connectivity index (χ1n) is 6.64. The quantitative estimate of drug-likeness (QED) is 0.932. The fourth-order valence-electron chi connectivity index (χ4n) is 2.35. The van der Waals surface area contributed by atoms with Gasteiger partial charge in [-0.3, -0.25) is 9.48 Å². The normalized spacial score (nSPS) is 10.6. The molecule has 1 aromatic heterocycles. The molecule has 2 N–H and O–H groups in total. The number of anilines is 2. The van der Waals surface area contributed by atoms with E-state index in [-0.39, 0.29) is 5.91 Å². The lowest BCUT2D eigenvalue weighted by molar-refractivity contribution is 0.0980. The van der Waals surface area contributed by atoms with E-state index in [9.17, 15) is 4.79 Å². The van der Waals surface area contributed by atoms with Crippen LogP contribution in [0.15, 0.2) is 24.3 Å². The average molecular weight is 272 g/mol. The third-order valence-corrected chi connectivity index (χ3v) is 3.44. The number of hydrogen-bond acceptors (Lipinski definition) is 3. The molecule has 20 heavy (non-hydrogen) atoms. The molecule has 0 aliphatic rings. The zero-order chi connectivity index (χ0) is 14.9. The number of para-hydroxylation sites is 1. The van der Waals surface area contributed by atoms with Crippen molar-refractivity contribution in [3.63, 3.8) is 0 Å². The van der Waals surface area contributed by atoms with Crippen LogP contribution in [0, 0.1) is 13.8 Å². The summed E-state index contributed by atoms with van der Waals surface area (Å²) in [5.74, 6) is -0.123. The maximum Gasteiger partial charge on any atom is 0.278 e. The second-order valence-corrected chi connectivity index (χ2v) is 4.81. The van der Waals surface area contributed by atoms with Gasteiger partial charge in [-0.15, -0.1) is 0 Å². The molecule has 5 heteroatoms. The highest BCUT2D eigenvalue weighted by atomic mass is 16.2. The Morgan fingerprint density at radius 3 is 2.50 bits per heavy atom. The molecule has 0 saturated heterocycles. The van der Waals surface area contributed by atoms with Crippen molar-refractivity contribution in [3.05, 3.63) is 41.2 Å². The number of aryl methyl sites for hydroxylation is 3. The largest absolute Gasteiger partial charge is 0.395 e. The van der Waals surface area contributed by atoms with Gasteiger partial charge in [-0.2, -0.15) is 5.10 Å². The van der Waals surface area contributed by atoms with Gasteiger partial charge in [0.1, 0.15) is 5.69 Å². The first kappa shape index (κ1) is 14.1. The van der Waals surface area contributed by atoms with Gasteiger partial charge in [0.05, 0.1) is 11.4 Å². The predicted octanol–water partition coefficient (Wildman–Crippen LogP) is 2.29. The van der Waals surface area contributed by atoms with Crippen molar-refractivity contribution >= 4 is 17.3 Å². The highest BCUT2D eigenvalue weighted by molar-refractivity contribution is 6.08. The molecule has 1 amide bonds. The summed E-state index contributed by atoms with van der Waals surface area (Å²) in [6.07, 6.45) is 0. The van der Waals surface area contributed by atoms with Crippen LogP contribution in [0.3, 0.4) is 0 Å². The lowest BCUT2D eigenvalue weighted by atomic mass is 10.1. The summed E-state index contributed by atoms with van der Waals surface area (Å²) in [6.45, 7) is 6.32. The summed E-state index contributed by atoms with van der Waals surface area (Å²) in [6, 6.07) is 7.81. The Labute approximate surface area is 119 Å². The Hall–Kier alpha value is -2.30. The molecule has 0 fully saturated rings. The molecular weight excluding hydrogens is 252 g/mol. The van der Waals surface area contributed by atoms with Gasteiger partial charge in [-0.05, 0) is 32.4 Å². The molecule has 0 aliphatic carbocycles. The number of nitrogens with two attached hydrogens (primary N) is 1. The monoisotopic (exact) mass is 272 g/mol. The van der Waals surface area contributed by atoms with Crippen LogP contribution in [0.4, 0.5) is 11.4 Å². The summed E-state index contributed by atoms with van der Waals surface area (Å²) >= 11 is 0. The van der Waals surface area contributed by atoms with Gasteiger partial charge in [-0.1, -0.05) is 18.2 Å². The zero-order valence-electron chi connectivity index (χ0n) is 12.3. The van der Waals surface area contributed by atoms with Gasteiger partial charge < -0.3 is 10.6 Å². The molecular formula is C15H20N4O. The summed E-state index contributed by atoms with van der Waals surface area (Å²) in [7, 11) is 1.74. The number of rotatable bonds is 3. The Balaban J connectivity index is 2.47. The van der Waals surface area contributed by atoms with Crippen LogP contribution in [0.2, 0.25) is 0 Å². The average Bonchev–Trinajstić information content (AvgIpc) is 2.66. The van der Waals surface area contributed by atoms with E-state index in [1.54, 1.807) is 23.6 Å². The van der Waals surface area contributed by atoms with E-state index < -0.39 is 0 Å². The van der Waals surface area contributed by atoms with E-state index in [2.05, 4.69) is 5.10 Å². The standard InChI is InChI=1S/C15H20N4O/c1-5-19(12-9-7-6-8-10(12)2)15(20)14-13(16)11(3)17-18(14)4/h6-9H,5,16H2,1-4H3. The number of carbonyl (C=O) groups is 1. The minimum Gasteiger partial charge on any atom is -0.395 e. The number of carbonyl (C=O) groups excluding carboxylic acids is 1. The summed E-state index contributed by atoms with van der Waals surface area (Å²) in [4.78, 5) is 14.5. The molecule has 0 bridgehead atoms. The summed E-state index contributed by atoms with van der Waals surface area (Å²) in [5.41, 5.74) is 9.50. The Bertz CT molecular complexity index is 645. The second kappa shape index (κ2) is 5.36. The number of aromatic nitrogens is 2. The van der Waals surface area contributed by atoms with E-state index in [0.717, 1.165) is 11.3 Å². The molecule has 0 saturated carbocycles. The van der Waals surface area contributed by atoms with Crippen molar-refractivity contribution in [3.8, 4) is 0 Å². The smallest absolute Gasteiger partial charge is 0.278 e. The number of amides is 1. The molecule has 2 rings (SSSR count). The van der Waals surface area contributed by atoms with Crippen molar-refractivity contribution in [2.45, 2.75) is 20.8 Å². The van der Waals surface area contributed by atoms with E-state index >= 15 is 0 Å². The highest BCUT2D eigenvalue weighted by Gasteiger charge is 2.24. The molecule has 0 aliphatic heterocycles.